The van der Waals surface area contributed by atoms with E-state index in [0.29, 0.717) is 25.9 Å². The Hall–Kier alpha value is -1.92. The van der Waals surface area contributed by atoms with Gasteiger partial charge in [0.25, 0.3) is 0 Å². The van der Waals surface area contributed by atoms with Crippen molar-refractivity contribution in [2.24, 2.45) is 0 Å². The summed E-state index contributed by atoms with van der Waals surface area (Å²) in [6.07, 6.45) is 104. The van der Waals surface area contributed by atoms with E-state index >= 15 is 0 Å². The molecule has 1 amide bonds. The minimum absolute atomic E-state index is 0.00711. The van der Waals surface area contributed by atoms with E-state index in [1.54, 1.807) is 0 Å². The Kier molecular flexibility index (Phi) is 77.8. The van der Waals surface area contributed by atoms with Gasteiger partial charge >= 0.3 is 5.97 Å². The summed E-state index contributed by atoms with van der Waals surface area (Å²) in [5, 5.41) is 23.5. The van der Waals surface area contributed by atoms with Crippen LogP contribution in [0, 0.1) is 0 Å². The van der Waals surface area contributed by atoms with Crippen LogP contribution in [-0.4, -0.2) is 47.4 Å². The van der Waals surface area contributed by atoms with Gasteiger partial charge in [0, 0.05) is 12.8 Å². The molecule has 0 aromatic heterocycles. The van der Waals surface area contributed by atoms with Crippen LogP contribution < -0.4 is 5.32 Å². The van der Waals surface area contributed by atoms with Crippen molar-refractivity contribution in [1.29, 1.82) is 0 Å². The highest BCUT2D eigenvalue weighted by Crippen LogP contribution is 2.20. The number of amides is 1. The average Bonchev–Trinajstić information content (AvgIpc) is 3.61. The fourth-order valence-electron chi connectivity index (χ4n) is 13.1. The van der Waals surface area contributed by atoms with Crippen LogP contribution in [0.25, 0.3) is 0 Å². The predicted molar refractivity (Wildman–Crippen MR) is 398 cm³/mol. The highest BCUT2D eigenvalue weighted by Gasteiger charge is 2.20. The Morgan fingerprint density at radius 1 is 0.311 bits per heavy atom. The Morgan fingerprint density at radius 3 is 0.856 bits per heavy atom. The molecular weight excluding hydrogens is 1100 g/mol. The Labute approximate surface area is 564 Å². The zero-order valence-corrected chi connectivity index (χ0v) is 61.1. The monoisotopic (exact) mass is 1260 g/mol. The van der Waals surface area contributed by atoms with Gasteiger partial charge in [-0.3, -0.25) is 9.59 Å². The number of aliphatic hydroxyl groups excluding tert-OH is 2. The molecule has 0 aromatic carbocycles. The Morgan fingerprint density at radius 2 is 0.556 bits per heavy atom. The van der Waals surface area contributed by atoms with Crippen molar-refractivity contribution < 1.29 is 24.5 Å². The molecule has 0 saturated carbocycles. The van der Waals surface area contributed by atoms with Crippen LogP contribution in [0.15, 0.2) is 36.5 Å². The topological polar surface area (TPSA) is 95.9 Å². The van der Waals surface area contributed by atoms with Crippen molar-refractivity contribution in [3.05, 3.63) is 36.5 Å². The van der Waals surface area contributed by atoms with Crippen LogP contribution in [0.2, 0.25) is 0 Å². The molecule has 0 aliphatic carbocycles. The maximum Gasteiger partial charge on any atom is 0.305 e. The molecule has 6 nitrogen and oxygen atoms in total. The second-order valence-corrected chi connectivity index (χ2v) is 28.5. The first-order chi connectivity index (χ1) is 44.5. The third-order valence-corrected chi connectivity index (χ3v) is 19.4. The molecule has 0 bridgehead atoms. The maximum absolute atomic E-state index is 12.6. The summed E-state index contributed by atoms with van der Waals surface area (Å²) in [5.41, 5.74) is 0. The summed E-state index contributed by atoms with van der Waals surface area (Å²) < 4.78 is 5.49. The van der Waals surface area contributed by atoms with Gasteiger partial charge in [0.2, 0.25) is 5.91 Å². The molecule has 0 fully saturated rings. The van der Waals surface area contributed by atoms with Crippen LogP contribution in [0.1, 0.15) is 463 Å². The summed E-state index contributed by atoms with van der Waals surface area (Å²) in [4.78, 5) is 24.7. The summed E-state index contributed by atoms with van der Waals surface area (Å²) in [6.45, 7) is 4.99. The van der Waals surface area contributed by atoms with E-state index in [-0.39, 0.29) is 18.5 Å². The van der Waals surface area contributed by atoms with E-state index in [9.17, 15) is 19.8 Å². The minimum Gasteiger partial charge on any atom is -0.466 e. The number of ether oxygens (including phenoxy) is 1. The number of aliphatic hydroxyl groups is 2. The molecule has 0 heterocycles. The maximum atomic E-state index is 12.6. The fourth-order valence-corrected chi connectivity index (χ4v) is 13.1. The molecule has 0 radical (unpaired) electrons. The molecule has 2 atom stereocenters. The zero-order valence-electron chi connectivity index (χ0n) is 61.1. The number of carbonyl (C=O) groups is 2. The SMILES string of the molecule is CCCCCCCC/C=C\CCCCCCCC(=O)OCCCCCCCCCCC/C=C\C/C=C\CCCCCCCCCCCCCCCCCCCC(=O)NC(CO)C(O)CCCCCCCCCCCCCCCCCCCCCCCCCCC. The minimum atomic E-state index is -0.665. The number of carbonyl (C=O) groups excluding carboxylic acids is 2. The summed E-state index contributed by atoms with van der Waals surface area (Å²) in [6, 6.07) is -0.542. The highest BCUT2D eigenvalue weighted by atomic mass is 16.5. The van der Waals surface area contributed by atoms with Gasteiger partial charge in [-0.05, 0) is 83.5 Å². The van der Waals surface area contributed by atoms with Gasteiger partial charge in [-0.25, -0.2) is 0 Å². The van der Waals surface area contributed by atoms with E-state index < -0.39 is 12.1 Å². The van der Waals surface area contributed by atoms with Gasteiger partial charge in [0.1, 0.15) is 0 Å². The van der Waals surface area contributed by atoms with E-state index in [4.69, 9.17) is 4.74 Å². The third-order valence-electron chi connectivity index (χ3n) is 19.4. The molecular formula is C84H161NO5. The van der Waals surface area contributed by atoms with Crippen LogP contribution in [0.3, 0.4) is 0 Å². The highest BCUT2D eigenvalue weighted by molar-refractivity contribution is 5.76. The van der Waals surface area contributed by atoms with E-state index in [2.05, 4.69) is 55.6 Å². The number of nitrogens with one attached hydrogen (secondary N) is 1. The van der Waals surface area contributed by atoms with Gasteiger partial charge in [-0.2, -0.15) is 0 Å². The molecule has 0 spiro atoms. The number of hydrogen-bond donors (Lipinski definition) is 3. The largest absolute Gasteiger partial charge is 0.466 e. The number of hydrogen-bond acceptors (Lipinski definition) is 5. The molecule has 532 valence electrons. The van der Waals surface area contributed by atoms with Gasteiger partial charge in [0.05, 0.1) is 25.4 Å². The van der Waals surface area contributed by atoms with Crippen LogP contribution in [-0.2, 0) is 14.3 Å². The van der Waals surface area contributed by atoms with Crippen molar-refractivity contribution in [2.75, 3.05) is 13.2 Å². The number of rotatable bonds is 78. The molecule has 0 aliphatic heterocycles. The smallest absolute Gasteiger partial charge is 0.305 e. The number of unbranched alkanes of at least 4 members (excludes halogenated alkanes) is 61. The second-order valence-electron chi connectivity index (χ2n) is 28.5. The normalized spacial score (nSPS) is 12.6. The van der Waals surface area contributed by atoms with Gasteiger partial charge in [-0.15, -0.1) is 0 Å². The summed E-state index contributed by atoms with van der Waals surface area (Å²) >= 11 is 0. The molecule has 90 heavy (non-hydrogen) atoms. The molecule has 0 saturated heterocycles. The fraction of sp³-hybridized carbons (Fsp3) is 0.905. The van der Waals surface area contributed by atoms with Crippen molar-refractivity contribution in [3.8, 4) is 0 Å². The summed E-state index contributed by atoms with van der Waals surface area (Å²) in [7, 11) is 0. The van der Waals surface area contributed by atoms with Gasteiger partial charge < -0.3 is 20.3 Å². The molecule has 0 aliphatic rings. The lowest BCUT2D eigenvalue weighted by atomic mass is 10.0. The molecule has 0 aromatic rings. The Balaban J connectivity index is 3.38. The molecule has 2 unspecified atom stereocenters. The molecule has 0 rings (SSSR count). The number of esters is 1. The van der Waals surface area contributed by atoms with Crippen LogP contribution in [0.4, 0.5) is 0 Å². The first-order valence-electron chi connectivity index (χ1n) is 41.2. The van der Waals surface area contributed by atoms with Crippen LogP contribution in [0.5, 0.6) is 0 Å². The molecule has 6 heteroatoms. The lowest BCUT2D eigenvalue weighted by Gasteiger charge is -2.22. The van der Waals surface area contributed by atoms with Crippen molar-refractivity contribution >= 4 is 11.9 Å². The zero-order chi connectivity index (χ0) is 64.9. The third kappa shape index (κ3) is 75.1. The summed E-state index contributed by atoms with van der Waals surface area (Å²) in [5.74, 6) is -0.0203. The van der Waals surface area contributed by atoms with Gasteiger partial charge in [0.15, 0.2) is 0 Å². The van der Waals surface area contributed by atoms with Crippen molar-refractivity contribution in [3.63, 3.8) is 0 Å². The van der Waals surface area contributed by atoms with E-state index in [1.165, 1.54) is 379 Å². The average molecular weight is 1270 g/mol. The van der Waals surface area contributed by atoms with Crippen LogP contribution >= 0.6 is 0 Å². The van der Waals surface area contributed by atoms with Gasteiger partial charge in [-0.1, -0.05) is 403 Å². The first-order valence-corrected chi connectivity index (χ1v) is 41.2. The Bertz CT molecular complexity index is 1460. The second kappa shape index (κ2) is 79.5. The van der Waals surface area contributed by atoms with E-state index in [0.717, 1.165) is 51.4 Å². The quantitative estimate of drug-likeness (QED) is 0.0320. The predicted octanol–water partition coefficient (Wildman–Crippen LogP) is 27.4. The first kappa shape index (κ1) is 88.1. The number of allylic oxidation sites excluding steroid dienone is 6. The molecule has 3 N–H and O–H groups in total. The van der Waals surface area contributed by atoms with Crippen molar-refractivity contribution in [1.82, 2.24) is 5.32 Å². The van der Waals surface area contributed by atoms with Crippen molar-refractivity contribution in [2.45, 2.75) is 475 Å². The lowest BCUT2D eigenvalue weighted by Crippen LogP contribution is -2.45. The lowest BCUT2D eigenvalue weighted by molar-refractivity contribution is -0.143. The van der Waals surface area contributed by atoms with E-state index in [1.807, 2.05) is 0 Å². The standard InChI is InChI=1S/C84H161NO5/c1-3-5-7-9-11-13-15-17-19-20-21-22-23-33-36-39-42-45-49-52-56-60-64-68-72-76-82(87)81(80-86)85-83(88)77-73-69-65-61-57-53-50-46-43-40-37-34-31-29-27-25-24-26-28-30-32-35-38-41-44-47-51-55-59-63-67-71-75-79-90-84(89)78-74-70-66-62-58-54-48-18-16-14-12-10-8-6-4-2/h18,28,30,35,38,48,81-82,86-87H,3-17,19-27,29,31-34,36-37,39-47,49-80H2,1-2H3,(H,85,88)/b30-28-,38-35-,48-18-.